The molecule has 1 rings (SSSR count). The van der Waals surface area contributed by atoms with Gasteiger partial charge in [0, 0.05) is 13.1 Å². The summed E-state index contributed by atoms with van der Waals surface area (Å²) in [4.78, 5) is 25.5. The molecule has 1 saturated heterocycles. The molecule has 6 heteroatoms. The zero-order chi connectivity index (χ0) is 15.6. The molecule has 116 valence electrons. The normalized spacial score (nSPS) is 27.1. The molecule has 0 bridgehead atoms. The van der Waals surface area contributed by atoms with E-state index in [9.17, 15) is 14.7 Å². The van der Waals surface area contributed by atoms with Crippen molar-refractivity contribution in [1.82, 2.24) is 4.90 Å². The van der Waals surface area contributed by atoms with Crippen LogP contribution in [0.4, 0.5) is 4.79 Å². The Bertz CT molecular complexity index is 376. The maximum Gasteiger partial charge on any atom is 0.410 e. The Kier molecular flexibility index (Phi) is 5.02. The first-order valence-corrected chi connectivity index (χ1v) is 6.93. The third kappa shape index (κ3) is 3.85. The fourth-order valence-corrected chi connectivity index (χ4v) is 2.16. The predicted octanol–water partition coefficient (Wildman–Crippen LogP) is 1.56. The summed E-state index contributed by atoms with van der Waals surface area (Å²) < 4.78 is 10.3. The van der Waals surface area contributed by atoms with Gasteiger partial charge in [0.1, 0.15) is 11.0 Å². The maximum absolute atomic E-state index is 12.1. The number of hydrogen-bond donors (Lipinski definition) is 1. The van der Waals surface area contributed by atoms with Gasteiger partial charge in [-0.3, -0.25) is 4.79 Å². The highest BCUT2D eigenvalue weighted by molar-refractivity contribution is 5.79. The van der Waals surface area contributed by atoms with Crippen LogP contribution in [0.2, 0.25) is 0 Å². The Hall–Kier alpha value is -1.30. The van der Waals surface area contributed by atoms with E-state index < -0.39 is 29.2 Å². The van der Waals surface area contributed by atoms with Crippen LogP contribution in [-0.4, -0.2) is 53.5 Å². The lowest BCUT2D eigenvalue weighted by Gasteiger charge is -2.42. The number of aliphatic hydroxyl groups excluding tert-OH is 1. The highest BCUT2D eigenvalue weighted by Crippen LogP contribution is 2.32. The number of rotatable bonds is 2. The minimum absolute atomic E-state index is 0.0991. The molecule has 1 aliphatic heterocycles. The van der Waals surface area contributed by atoms with Gasteiger partial charge in [0.15, 0.2) is 0 Å². The molecule has 20 heavy (non-hydrogen) atoms. The number of amides is 1. The van der Waals surface area contributed by atoms with Crippen LogP contribution >= 0.6 is 0 Å². The van der Waals surface area contributed by atoms with E-state index in [-0.39, 0.29) is 13.2 Å². The second-order valence-electron chi connectivity index (χ2n) is 6.34. The molecule has 0 aromatic carbocycles. The van der Waals surface area contributed by atoms with E-state index in [1.165, 1.54) is 4.90 Å². The maximum atomic E-state index is 12.1. The molecule has 0 aliphatic carbocycles. The molecule has 2 unspecified atom stereocenters. The van der Waals surface area contributed by atoms with Crippen molar-refractivity contribution in [2.24, 2.45) is 5.41 Å². The minimum atomic E-state index is -1.11. The number of carbonyl (C=O) groups excluding carboxylic acids is 2. The molecular formula is C14H25NO5. The molecule has 0 aromatic heterocycles. The van der Waals surface area contributed by atoms with E-state index in [1.807, 2.05) is 0 Å². The quantitative estimate of drug-likeness (QED) is 0.780. The summed E-state index contributed by atoms with van der Waals surface area (Å²) in [6.07, 6.45) is -0.964. The number of likely N-dealkylation sites (tertiary alicyclic amines) is 1. The van der Waals surface area contributed by atoms with Crippen molar-refractivity contribution >= 4 is 12.1 Å². The lowest BCUT2D eigenvalue weighted by molar-refractivity contribution is -0.166. The molecule has 1 fully saturated rings. The predicted molar refractivity (Wildman–Crippen MR) is 73.2 cm³/mol. The number of nitrogens with zero attached hydrogens (tertiary/aromatic N) is 1. The van der Waals surface area contributed by atoms with E-state index in [0.29, 0.717) is 13.0 Å². The summed E-state index contributed by atoms with van der Waals surface area (Å²) in [5, 5.41) is 10.1. The third-order valence-corrected chi connectivity index (χ3v) is 3.32. The molecule has 6 nitrogen and oxygen atoms in total. The van der Waals surface area contributed by atoms with Crippen LogP contribution in [0.15, 0.2) is 0 Å². The monoisotopic (exact) mass is 287 g/mol. The van der Waals surface area contributed by atoms with Gasteiger partial charge in [-0.1, -0.05) is 0 Å². The lowest BCUT2D eigenvalue weighted by Crippen LogP contribution is -2.56. The van der Waals surface area contributed by atoms with Gasteiger partial charge < -0.3 is 19.5 Å². The molecule has 0 spiro atoms. The second-order valence-corrected chi connectivity index (χ2v) is 6.34. The van der Waals surface area contributed by atoms with Gasteiger partial charge in [-0.25, -0.2) is 4.79 Å². The summed E-state index contributed by atoms with van der Waals surface area (Å²) in [7, 11) is 0. The zero-order valence-corrected chi connectivity index (χ0v) is 12.9. The number of hydrogen-bond acceptors (Lipinski definition) is 5. The fourth-order valence-electron chi connectivity index (χ4n) is 2.16. The van der Waals surface area contributed by atoms with Crippen LogP contribution in [0, 0.1) is 5.41 Å². The van der Waals surface area contributed by atoms with Crippen LogP contribution in [-0.2, 0) is 14.3 Å². The molecule has 2 atom stereocenters. The van der Waals surface area contributed by atoms with Gasteiger partial charge in [-0.15, -0.1) is 0 Å². The first-order chi connectivity index (χ1) is 9.10. The number of carbonyl (C=O) groups is 2. The van der Waals surface area contributed by atoms with Crippen LogP contribution < -0.4 is 0 Å². The van der Waals surface area contributed by atoms with Crippen LogP contribution in [0.3, 0.4) is 0 Å². The van der Waals surface area contributed by atoms with Crippen LogP contribution in [0.5, 0.6) is 0 Å². The molecule has 1 amide bonds. The van der Waals surface area contributed by atoms with Gasteiger partial charge in [-0.2, -0.15) is 0 Å². The van der Waals surface area contributed by atoms with E-state index in [0.717, 1.165) is 0 Å². The van der Waals surface area contributed by atoms with Crippen molar-refractivity contribution < 1.29 is 24.2 Å². The standard InChI is InChI=1S/C14H25NO5/c1-6-19-11(17)14(5)9-15(8-7-10(14)16)12(18)20-13(2,3)4/h10,16H,6-9H2,1-5H3. The highest BCUT2D eigenvalue weighted by Gasteiger charge is 2.47. The average molecular weight is 287 g/mol. The van der Waals surface area contributed by atoms with Gasteiger partial charge >= 0.3 is 12.1 Å². The Balaban J connectivity index is 2.80. The summed E-state index contributed by atoms with van der Waals surface area (Å²) >= 11 is 0. The minimum Gasteiger partial charge on any atom is -0.465 e. The van der Waals surface area contributed by atoms with Crippen molar-refractivity contribution in [2.75, 3.05) is 19.7 Å². The van der Waals surface area contributed by atoms with Crippen LogP contribution in [0.1, 0.15) is 41.0 Å². The average Bonchev–Trinajstić information content (AvgIpc) is 2.30. The van der Waals surface area contributed by atoms with Crippen molar-refractivity contribution in [3.63, 3.8) is 0 Å². The summed E-state index contributed by atoms with van der Waals surface area (Å²) in [6, 6.07) is 0. The molecular weight excluding hydrogens is 262 g/mol. The van der Waals surface area contributed by atoms with Crippen molar-refractivity contribution in [2.45, 2.75) is 52.7 Å². The molecule has 0 radical (unpaired) electrons. The topological polar surface area (TPSA) is 76.1 Å². The Morgan fingerprint density at radius 3 is 2.50 bits per heavy atom. The Morgan fingerprint density at radius 2 is 2.00 bits per heavy atom. The second kappa shape index (κ2) is 5.99. The molecule has 1 aliphatic rings. The van der Waals surface area contributed by atoms with Crippen molar-refractivity contribution in [1.29, 1.82) is 0 Å². The van der Waals surface area contributed by atoms with Crippen molar-refractivity contribution in [3.05, 3.63) is 0 Å². The molecule has 1 N–H and O–H groups in total. The van der Waals surface area contributed by atoms with Gasteiger partial charge in [0.2, 0.25) is 0 Å². The van der Waals surface area contributed by atoms with E-state index in [2.05, 4.69) is 0 Å². The third-order valence-electron chi connectivity index (χ3n) is 3.32. The van der Waals surface area contributed by atoms with Gasteiger partial charge in [0.25, 0.3) is 0 Å². The van der Waals surface area contributed by atoms with E-state index >= 15 is 0 Å². The fraction of sp³-hybridized carbons (Fsp3) is 0.857. The number of aliphatic hydroxyl groups is 1. The Morgan fingerprint density at radius 1 is 1.40 bits per heavy atom. The summed E-state index contributed by atoms with van der Waals surface area (Å²) in [5.74, 6) is -0.485. The van der Waals surface area contributed by atoms with Crippen LogP contribution in [0.25, 0.3) is 0 Å². The lowest BCUT2D eigenvalue weighted by atomic mass is 9.79. The largest absolute Gasteiger partial charge is 0.465 e. The number of esters is 1. The molecule has 0 saturated carbocycles. The number of piperidine rings is 1. The first-order valence-electron chi connectivity index (χ1n) is 6.93. The number of ether oxygens (including phenoxy) is 2. The molecule has 0 aromatic rings. The van der Waals surface area contributed by atoms with E-state index in [1.54, 1.807) is 34.6 Å². The zero-order valence-electron chi connectivity index (χ0n) is 12.9. The van der Waals surface area contributed by atoms with Crippen molar-refractivity contribution in [3.8, 4) is 0 Å². The van der Waals surface area contributed by atoms with Gasteiger partial charge in [-0.05, 0) is 41.0 Å². The Labute approximate surface area is 120 Å². The van der Waals surface area contributed by atoms with E-state index in [4.69, 9.17) is 9.47 Å². The highest BCUT2D eigenvalue weighted by atomic mass is 16.6. The smallest absolute Gasteiger partial charge is 0.410 e. The SMILES string of the molecule is CCOC(=O)C1(C)CN(C(=O)OC(C)(C)C)CCC1O. The van der Waals surface area contributed by atoms with Gasteiger partial charge in [0.05, 0.1) is 12.7 Å². The molecule has 1 heterocycles. The first kappa shape index (κ1) is 16.8. The summed E-state index contributed by atoms with van der Waals surface area (Å²) in [5.41, 5.74) is -1.70. The summed E-state index contributed by atoms with van der Waals surface area (Å²) in [6.45, 7) is 9.39.